The second-order valence-electron chi connectivity index (χ2n) is 21.4. The van der Waals surface area contributed by atoms with E-state index in [1.807, 2.05) is 18.7 Å². The molecule has 0 aromatic heterocycles. The Morgan fingerprint density at radius 1 is 0.887 bits per heavy atom. The van der Waals surface area contributed by atoms with Gasteiger partial charge in [-0.25, -0.2) is 9.59 Å². The third-order valence-electron chi connectivity index (χ3n) is 17.6. The van der Waals surface area contributed by atoms with E-state index in [9.17, 15) is 19.8 Å². The molecule has 6 unspecified atom stereocenters. The minimum atomic E-state index is -0.746. The molecule has 0 aromatic carbocycles. The van der Waals surface area contributed by atoms with Crippen LogP contribution in [0.25, 0.3) is 0 Å². The number of aliphatic hydroxyl groups excluding tert-OH is 1. The molecule has 0 radical (unpaired) electrons. The molecule has 0 bridgehead atoms. The van der Waals surface area contributed by atoms with Gasteiger partial charge in [0.15, 0.2) is 0 Å². The topological polar surface area (TPSA) is 112 Å². The van der Waals surface area contributed by atoms with Crippen molar-refractivity contribution >= 4 is 12.2 Å². The van der Waals surface area contributed by atoms with Crippen LogP contribution in [0.1, 0.15) is 120 Å². The highest BCUT2D eigenvalue weighted by atomic mass is 16.6. The lowest BCUT2D eigenvalue weighted by Crippen LogP contribution is -2.60. The molecule has 0 aromatic rings. The third-order valence-corrected chi connectivity index (χ3v) is 17.6. The fraction of sp³-hybridized carbons (Fsp3) is 0.953. The fourth-order valence-electron chi connectivity index (χ4n) is 14.9. The molecular weight excluding hydrogens is 670 g/mol. The standard InChI is InChI=1S/C43H71N3O7/c1-26(2)33(53-37(49)45-17-10-18-45)28-23-27(3)32-34(51-28)35(47)41(9)30-12-11-29-39(6,7)31(13-14-42(29)24-43(30,42)16-15-40(32,41)8)52-36(48)46-21-19-44(20-22-46)25-38(4,5)50/h26-35,47,50H,10-25H2,1-9H3/t27-,28?,29+,30?,31+,32?,33-,34?,35+,40-,41-,42?,43?/m1/s1. The summed E-state index contributed by atoms with van der Waals surface area (Å²) in [5, 5.41) is 23.0. The number of aliphatic hydroxyl groups is 2. The summed E-state index contributed by atoms with van der Waals surface area (Å²) in [4.78, 5) is 32.4. The molecule has 300 valence electrons. The Morgan fingerprint density at radius 2 is 1.53 bits per heavy atom. The van der Waals surface area contributed by atoms with E-state index in [0.717, 1.165) is 71.1 Å². The average Bonchev–Trinajstić information content (AvgIpc) is 3.68. The lowest BCUT2D eigenvalue weighted by Gasteiger charge is -2.63. The molecule has 5 saturated carbocycles. The van der Waals surface area contributed by atoms with E-state index in [4.69, 9.17) is 14.2 Å². The summed E-state index contributed by atoms with van der Waals surface area (Å²) in [5.74, 6) is 1.67. The summed E-state index contributed by atoms with van der Waals surface area (Å²) in [5.41, 5.74) is -0.706. The van der Waals surface area contributed by atoms with Crippen LogP contribution in [-0.2, 0) is 14.2 Å². The number of carbonyl (C=O) groups is 2. The van der Waals surface area contributed by atoms with Gasteiger partial charge in [0, 0.05) is 56.6 Å². The summed E-state index contributed by atoms with van der Waals surface area (Å²) in [7, 11) is 0. The molecule has 8 aliphatic rings. The number of β-amino-alcohol motifs (C(OH)–C–C–N with tert-alkyl or cyclic N) is 1. The van der Waals surface area contributed by atoms with E-state index in [0.29, 0.717) is 37.4 Å². The van der Waals surface area contributed by atoms with Crippen LogP contribution in [0.2, 0.25) is 0 Å². The van der Waals surface area contributed by atoms with E-state index in [1.165, 1.54) is 12.8 Å². The molecule has 3 aliphatic heterocycles. The number of rotatable bonds is 6. The molecule has 2 amide bonds. The predicted octanol–water partition coefficient (Wildman–Crippen LogP) is 6.56. The Balaban J connectivity index is 0.972. The van der Waals surface area contributed by atoms with E-state index >= 15 is 0 Å². The SMILES string of the molecule is CC(C)[C@@H](OC(=O)N1CCC1)C1C[C@@H](C)C2C(O1)[C@H](O)[C@@]1(C)C3CC[C@H]4C(C)(C)[C@@H](OC(=O)N5CCN(CC(C)(C)O)CC5)CCC45CC35CC[C@]21C. The van der Waals surface area contributed by atoms with Gasteiger partial charge in [-0.05, 0) is 117 Å². The van der Waals surface area contributed by atoms with Gasteiger partial charge in [0.2, 0.25) is 0 Å². The molecule has 3 saturated heterocycles. The van der Waals surface area contributed by atoms with E-state index in [-0.39, 0.29) is 75.5 Å². The molecule has 10 heteroatoms. The number of hydrogen-bond acceptors (Lipinski definition) is 8. The van der Waals surface area contributed by atoms with Gasteiger partial charge in [0.25, 0.3) is 0 Å². The first-order valence-corrected chi connectivity index (χ1v) is 21.5. The minimum Gasteiger partial charge on any atom is -0.446 e. The molecule has 13 atom stereocenters. The molecule has 8 fully saturated rings. The van der Waals surface area contributed by atoms with Gasteiger partial charge in [-0.1, -0.05) is 48.5 Å². The molecule has 2 spiro atoms. The van der Waals surface area contributed by atoms with Gasteiger partial charge < -0.3 is 34.2 Å². The first kappa shape index (κ1) is 38.3. The third kappa shape index (κ3) is 5.58. The van der Waals surface area contributed by atoms with Crippen LogP contribution < -0.4 is 0 Å². The van der Waals surface area contributed by atoms with Crippen molar-refractivity contribution < 1.29 is 34.0 Å². The molecule has 8 rings (SSSR count). The van der Waals surface area contributed by atoms with Crippen LogP contribution in [-0.4, -0.2) is 119 Å². The first-order valence-electron chi connectivity index (χ1n) is 21.5. The molecule has 5 aliphatic carbocycles. The summed E-state index contributed by atoms with van der Waals surface area (Å²) < 4.78 is 19.7. The van der Waals surface area contributed by atoms with Crippen molar-refractivity contribution in [2.45, 2.75) is 156 Å². The maximum absolute atomic E-state index is 13.6. The quantitative estimate of drug-likeness (QED) is 0.315. The van der Waals surface area contributed by atoms with Gasteiger partial charge >= 0.3 is 12.2 Å². The molecule has 2 N–H and O–H groups in total. The van der Waals surface area contributed by atoms with Crippen molar-refractivity contribution in [2.24, 2.45) is 56.7 Å². The second-order valence-corrected chi connectivity index (χ2v) is 21.4. The zero-order valence-corrected chi connectivity index (χ0v) is 34.4. The highest BCUT2D eigenvalue weighted by Gasteiger charge is 2.84. The fourth-order valence-corrected chi connectivity index (χ4v) is 14.9. The smallest absolute Gasteiger partial charge is 0.410 e. The largest absolute Gasteiger partial charge is 0.446 e. The lowest BCUT2D eigenvalue weighted by atomic mass is 9.41. The minimum absolute atomic E-state index is 0.0329. The number of likely N-dealkylation sites (tertiary alicyclic amines) is 1. The predicted molar refractivity (Wildman–Crippen MR) is 202 cm³/mol. The van der Waals surface area contributed by atoms with E-state index in [1.54, 1.807) is 4.90 Å². The van der Waals surface area contributed by atoms with Gasteiger partial charge in [-0.15, -0.1) is 0 Å². The number of carbonyl (C=O) groups excluding carboxylic acids is 2. The number of nitrogens with zero attached hydrogens (tertiary/aromatic N) is 3. The summed E-state index contributed by atoms with van der Waals surface area (Å²) in [6.07, 6.45) is 7.78. The van der Waals surface area contributed by atoms with Crippen LogP contribution in [0.4, 0.5) is 9.59 Å². The summed E-state index contributed by atoms with van der Waals surface area (Å²) >= 11 is 0. The zero-order chi connectivity index (χ0) is 38.1. The van der Waals surface area contributed by atoms with Crippen LogP contribution in [0, 0.1) is 56.7 Å². The average molecular weight is 742 g/mol. The number of amides is 2. The highest BCUT2D eigenvalue weighted by Crippen LogP contribution is 2.89. The molecule has 3 heterocycles. The van der Waals surface area contributed by atoms with Gasteiger partial charge in [-0.3, -0.25) is 4.90 Å². The van der Waals surface area contributed by atoms with Crippen molar-refractivity contribution in [3.05, 3.63) is 0 Å². The van der Waals surface area contributed by atoms with Crippen LogP contribution >= 0.6 is 0 Å². The van der Waals surface area contributed by atoms with E-state index < -0.39 is 11.7 Å². The van der Waals surface area contributed by atoms with E-state index in [2.05, 4.69) is 53.4 Å². The van der Waals surface area contributed by atoms with Crippen molar-refractivity contribution in [1.29, 1.82) is 0 Å². The number of ether oxygens (including phenoxy) is 3. The van der Waals surface area contributed by atoms with Gasteiger partial charge in [0.05, 0.1) is 23.9 Å². The Morgan fingerprint density at radius 3 is 2.15 bits per heavy atom. The van der Waals surface area contributed by atoms with Crippen LogP contribution in [0.3, 0.4) is 0 Å². The molecule has 53 heavy (non-hydrogen) atoms. The van der Waals surface area contributed by atoms with Gasteiger partial charge in [-0.2, -0.15) is 0 Å². The Labute approximate surface area is 319 Å². The van der Waals surface area contributed by atoms with Crippen LogP contribution in [0.15, 0.2) is 0 Å². The number of hydrogen-bond donors (Lipinski definition) is 2. The summed E-state index contributed by atoms with van der Waals surface area (Å²) in [6, 6.07) is 0. The molecular formula is C43H71N3O7. The summed E-state index contributed by atoms with van der Waals surface area (Å²) in [6.45, 7) is 24.8. The lowest BCUT2D eigenvalue weighted by molar-refractivity contribution is -0.185. The monoisotopic (exact) mass is 742 g/mol. The van der Waals surface area contributed by atoms with Crippen molar-refractivity contribution in [2.75, 3.05) is 45.8 Å². The molecule has 10 nitrogen and oxygen atoms in total. The van der Waals surface area contributed by atoms with Crippen LogP contribution in [0.5, 0.6) is 0 Å². The Bertz CT molecular complexity index is 1440. The number of fused-ring (bicyclic) bond motifs is 4. The number of piperazine rings is 1. The van der Waals surface area contributed by atoms with Crippen molar-refractivity contribution in [3.63, 3.8) is 0 Å². The van der Waals surface area contributed by atoms with Gasteiger partial charge in [0.1, 0.15) is 12.2 Å². The maximum Gasteiger partial charge on any atom is 0.410 e. The Kier molecular flexibility index (Phi) is 9.16. The maximum atomic E-state index is 13.6. The first-order chi connectivity index (χ1) is 24.8. The Hall–Kier alpha value is -1.62. The van der Waals surface area contributed by atoms with Crippen molar-refractivity contribution in [1.82, 2.24) is 14.7 Å². The zero-order valence-electron chi connectivity index (χ0n) is 34.4. The normalized spacial score (nSPS) is 46.6. The second kappa shape index (κ2) is 12.7. The van der Waals surface area contributed by atoms with Crippen molar-refractivity contribution in [3.8, 4) is 0 Å². The highest BCUT2D eigenvalue weighted by molar-refractivity contribution is 5.69.